The molecule has 0 aliphatic heterocycles. The van der Waals surface area contributed by atoms with Gasteiger partial charge in [-0.2, -0.15) is 4.37 Å². The largest absolute Gasteiger partial charge is 0.476 e. The fourth-order valence-electron chi connectivity index (χ4n) is 1.65. The molecule has 1 N–H and O–H groups in total. The highest BCUT2D eigenvalue weighted by Crippen LogP contribution is 2.28. The first kappa shape index (κ1) is 12.8. The zero-order valence-corrected chi connectivity index (χ0v) is 11.4. The van der Waals surface area contributed by atoms with Gasteiger partial charge in [0, 0.05) is 0 Å². The lowest BCUT2D eigenvalue weighted by atomic mass is 9.86. The normalized spacial score (nSPS) is 11.5. The second kappa shape index (κ2) is 4.53. The summed E-state index contributed by atoms with van der Waals surface area (Å²) in [6.45, 7) is 6.49. The number of aromatic nitrogens is 1. The van der Waals surface area contributed by atoms with Gasteiger partial charge < -0.3 is 5.11 Å². The second-order valence-corrected chi connectivity index (χ2v) is 6.01. The molecule has 0 spiro atoms. The molecule has 0 amide bonds. The van der Waals surface area contributed by atoms with Crippen molar-refractivity contribution in [3.05, 3.63) is 41.6 Å². The maximum absolute atomic E-state index is 10.8. The van der Waals surface area contributed by atoms with E-state index in [0.29, 0.717) is 0 Å². The Morgan fingerprint density at radius 3 is 2.28 bits per heavy atom. The lowest BCUT2D eigenvalue weighted by Crippen LogP contribution is -2.10. The number of carbonyl (C=O) groups is 1. The Labute approximate surface area is 110 Å². The summed E-state index contributed by atoms with van der Waals surface area (Å²) < 4.78 is 3.91. The van der Waals surface area contributed by atoms with Crippen LogP contribution in [0, 0.1) is 0 Å². The van der Waals surface area contributed by atoms with E-state index in [-0.39, 0.29) is 11.1 Å². The van der Waals surface area contributed by atoms with Crippen molar-refractivity contribution in [1.29, 1.82) is 0 Å². The van der Waals surface area contributed by atoms with E-state index in [4.69, 9.17) is 5.11 Å². The highest BCUT2D eigenvalue weighted by molar-refractivity contribution is 7.09. The van der Waals surface area contributed by atoms with E-state index in [9.17, 15) is 4.79 Å². The smallest absolute Gasteiger partial charge is 0.355 e. The minimum absolute atomic E-state index is 0.106. The standard InChI is InChI=1S/C14H15NO2S/c1-14(2,3)10-6-4-9(5-7-10)12-8-11(13(16)17)15-18-12/h4-8H,1-3H3,(H,16,17). The van der Waals surface area contributed by atoms with Crippen molar-refractivity contribution in [3.63, 3.8) is 0 Å². The van der Waals surface area contributed by atoms with Gasteiger partial charge in [-0.25, -0.2) is 4.79 Å². The fourth-order valence-corrected chi connectivity index (χ4v) is 2.38. The average molecular weight is 261 g/mol. The molecular formula is C14H15NO2S. The Bertz CT molecular complexity index is 564. The summed E-state index contributed by atoms with van der Waals surface area (Å²) in [5, 5.41) is 8.84. The summed E-state index contributed by atoms with van der Waals surface area (Å²) in [5.74, 6) is -0.983. The lowest BCUT2D eigenvalue weighted by Gasteiger charge is -2.18. The first-order chi connectivity index (χ1) is 8.38. The zero-order chi connectivity index (χ0) is 13.3. The number of nitrogens with zero attached hydrogens (tertiary/aromatic N) is 1. The molecule has 2 aromatic rings. The van der Waals surface area contributed by atoms with E-state index in [1.165, 1.54) is 17.1 Å². The molecule has 1 aromatic carbocycles. The van der Waals surface area contributed by atoms with Crippen LogP contribution in [-0.2, 0) is 5.41 Å². The predicted molar refractivity (Wildman–Crippen MR) is 73.2 cm³/mol. The van der Waals surface area contributed by atoms with Crippen LogP contribution in [0.25, 0.3) is 10.4 Å². The van der Waals surface area contributed by atoms with E-state index < -0.39 is 5.97 Å². The van der Waals surface area contributed by atoms with E-state index in [1.54, 1.807) is 6.07 Å². The van der Waals surface area contributed by atoms with Crippen LogP contribution in [0.5, 0.6) is 0 Å². The molecule has 0 radical (unpaired) electrons. The maximum Gasteiger partial charge on any atom is 0.355 e. The first-order valence-corrected chi connectivity index (χ1v) is 6.46. The number of hydrogen-bond donors (Lipinski definition) is 1. The SMILES string of the molecule is CC(C)(C)c1ccc(-c2cc(C(=O)O)ns2)cc1. The van der Waals surface area contributed by atoms with Gasteiger partial charge in [0.2, 0.25) is 0 Å². The highest BCUT2D eigenvalue weighted by atomic mass is 32.1. The number of aromatic carboxylic acids is 1. The van der Waals surface area contributed by atoms with Gasteiger partial charge in [0.05, 0.1) is 4.88 Å². The monoisotopic (exact) mass is 261 g/mol. The molecule has 0 aliphatic rings. The van der Waals surface area contributed by atoms with Gasteiger partial charge in [-0.1, -0.05) is 45.0 Å². The summed E-state index contributed by atoms with van der Waals surface area (Å²) in [5.41, 5.74) is 2.50. The van der Waals surface area contributed by atoms with Gasteiger partial charge in [0.15, 0.2) is 5.69 Å². The molecular weight excluding hydrogens is 246 g/mol. The van der Waals surface area contributed by atoms with Gasteiger partial charge in [0.25, 0.3) is 0 Å². The Balaban J connectivity index is 2.31. The van der Waals surface area contributed by atoms with Crippen molar-refractivity contribution >= 4 is 17.5 Å². The van der Waals surface area contributed by atoms with Crippen molar-refractivity contribution in [2.45, 2.75) is 26.2 Å². The minimum atomic E-state index is -0.983. The Hall–Kier alpha value is -1.68. The van der Waals surface area contributed by atoms with Gasteiger partial charge in [-0.3, -0.25) is 0 Å². The topological polar surface area (TPSA) is 50.2 Å². The third-order valence-electron chi connectivity index (χ3n) is 2.76. The van der Waals surface area contributed by atoms with Crippen molar-refractivity contribution in [2.24, 2.45) is 0 Å². The predicted octanol–water partition coefficient (Wildman–Crippen LogP) is 3.81. The summed E-state index contributed by atoms with van der Waals surface area (Å²) in [6, 6.07) is 9.80. The molecule has 0 saturated carbocycles. The summed E-state index contributed by atoms with van der Waals surface area (Å²) in [7, 11) is 0. The van der Waals surface area contributed by atoms with Crippen LogP contribution in [0.4, 0.5) is 0 Å². The van der Waals surface area contributed by atoms with E-state index in [1.807, 2.05) is 12.1 Å². The van der Waals surface area contributed by atoms with Crippen molar-refractivity contribution in [1.82, 2.24) is 4.37 Å². The van der Waals surface area contributed by atoms with Gasteiger partial charge in [-0.05, 0) is 34.1 Å². The molecule has 18 heavy (non-hydrogen) atoms. The number of hydrogen-bond acceptors (Lipinski definition) is 3. The van der Waals surface area contributed by atoms with E-state index >= 15 is 0 Å². The number of rotatable bonds is 2. The molecule has 3 nitrogen and oxygen atoms in total. The third kappa shape index (κ3) is 2.59. The molecule has 0 fully saturated rings. The minimum Gasteiger partial charge on any atom is -0.476 e. The van der Waals surface area contributed by atoms with Crippen LogP contribution < -0.4 is 0 Å². The van der Waals surface area contributed by atoms with Crippen LogP contribution in [0.1, 0.15) is 36.8 Å². The van der Waals surface area contributed by atoms with Crippen molar-refractivity contribution < 1.29 is 9.90 Å². The van der Waals surface area contributed by atoms with E-state index in [0.717, 1.165) is 10.4 Å². The Morgan fingerprint density at radius 2 is 1.83 bits per heavy atom. The summed E-state index contributed by atoms with van der Waals surface area (Å²) in [4.78, 5) is 11.7. The quantitative estimate of drug-likeness (QED) is 0.894. The van der Waals surface area contributed by atoms with Crippen LogP contribution in [-0.4, -0.2) is 15.4 Å². The van der Waals surface area contributed by atoms with E-state index in [2.05, 4.69) is 37.3 Å². The number of carboxylic acid groups (broad SMARTS) is 1. The molecule has 0 aliphatic carbocycles. The first-order valence-electron chi connectivity index (χ1n) is 5.69. The van der Waals surface area contributed by atoms with Crippen LogP contribution >= 0.6 is 11.5 Å². The molecule has 0 unspecified atom stereocenters. The number of benzene rings is 1. The second-order valence-electron chi connectivity index (χ2n) is 5.21. The van der Waals surface area contributed by atoms with Gasteiger partial charge >= 0.3 is 5.97 Å². The number of carboxylic acids is 1. The molecule has 2 rings (SSSR count). The summed E-state index contributed by atoms with van der Waals surface area (Å²) >= 11 is 1.21. The highest BCUT2D eigenvalue weighted by Gasteiger charge is 2.14. The molecule has 1 aromatic heterocycles. The van der Waals surface area contributed by atoms with Crippen molar-refractivity contribution in [2.75, 3.05) is 0 Å². The van der Waals surface area contributed by atoms with Crippen LogP contribution in [0.2, 0.25) is 0 Å². The average Bonchev–Trinajstić information content (AvgIpc) is 2.77. The molecule has 1 heterocycles. The molecule has 0 saturated heterocycles. The van der Waals surface area contributed by atoms with Gasteiger partial charge in [-0.15, -0.1) is 0 Å². The Kier molecular flexibility index (Phi) is 3.22. The molecule has 94 valence electrons. The summed E-state index contributed by atoms with van der Waals surface area (Å²) in [6.07, 6.45) is 0. The third-order valence-corrected chi connectivity index (χ3v) is 3.60. The molecule has 0 bridgehead atoms. The fraction of sp³-hybridized carbons (Fsp3) is 0.286. The maximum atomic E-state index is 10.8. The van der Waals surface area contributed by atoms with Gasteiger partial charge in [0.1, 0.15) is 0 Å². The zero-order valence-electron chi connectivity index (χ0n) is 10.6. The lowest BCUT2D eigenvalue weighted by molar-refractivity contribution is 0.0692. The Morgan fingerprint density at radius 1 is 1.22 bits per heavy atom. The van der Waals surface area contributed by atoms with Crippen LogP contribution in [0.3, 0.4) is 0 Å². The van der Waals surface area contributed by atoms with Crippen LogP contribution in [0.15, 0.2) is 30.3 Å². The van der Waals surface area contributed by atoms with Crippen molar-refractivity contribution in [3.8, 4) is 10.4 Å². The molecule has 0 atom stereocenters. The molecule has 4 heteroatoms.